The predicted octanol–water partition coefficient (Wildman–Crippen LogP) is 3.75. The van der Waals surface area contributed by atoms with Gasteiger partial charge in [-0.05, 0) is 24.6 Å². The fourth-order valence-electron chi connectivity index (χ4n) is 3.76. The van der Waals surface area contributed by atoms with Crippen molar-refractivity contribution in [2.75, 3.05) is 12.4 Å². The number of amides is 2. The fraction of sp³-hybridized carbons (Fsp3) is 0.167. The van der Waals surface area contributed by atoms with Gasteiger partial charge in [0.2, 0.25) is 5.91 Å². The first-order valence-electron chi connectivity index (χ1n) is 10.3. The molecule has 9 nitrogen and oxygen atoms in total. The molecule has 0 aliphatic rings. The summed E-state index contributed by atoms with van der Waals surface area (Å²) in [6.45, 7) is 2.50. The first-order valence-corrected chi connectivity index (χ1v) is 10.3. The van der Waals surface area contributed by atoms with Gasteiger partial charge in [-0.15, -0.1) is 0 Å². The largest absolute Gasteiger partial charge is 0.465 e. The minimum absolute atomic E-state index is 0.117. The Morgan fingerprint density at radius 3 is 2.61 bits per heavy atom. The highest BCUT2D eigenvalue weighted by molar-refractivity contribution is 6.11. The Bertz CT molecular complexity index is 1330. The molecule has 0 saturated carbocycles. The van der Waals surface area contributed by atoms with Gasteiger partial charge in [-0.2, -0.15) is 0 Å². The van der Waals surface area contributed by atoms with E-state index in [0.29, 0.717) is 40.3 Å². The number of carboxylic acid groups (broad SMARTS) is 1. The summed E-state index contributed by atoms with van der Waals surface area (Å²) < 4.78 is 0. The zero-order chi connectivity index (χ0) is 23.5. The number of nitrogens with one attached hydrogen (secondary N) is 2. The fourth-order valence-corrected chi connectivity index (χ4v) is 3.76. The van der Waals surface area contributed by atoms with Gasteiger partial charge in [-0.3, -0.25) is 4.79 Å². The van der Waals surface area contributed by atoms with Crippen LogP contribution in [0.5, 0.6) is 0 Å². The highest BCUT2D eigenvalue weighted by atomic mass is 16.4. The maximum absolute atomic E-state index is 12.1. The second kappa shape index (κ2) is 8.99. The quantitative estimate of drug-likeness (QED) is 0.343. The van der Waals surface area contributed by atoms with Crippen molar-refractivity contribution in [2.24, 2.45) is 5.73 Å². The third-order valence-electron chi connectivity index (χ3n) is 5.40. The Balaban J connectivity index is 1.81. The molecule has 5 N–H and O–H groups in total. The van der Waals surface area contributed by atoms with E-state index >= 15 is 0 Å². The van der Waals surface area contributed by atoms with E-state index in [9.17, 15) is 14.7 Å². The number of primary amides is 1. The van der Waals surface area contributed by atoms with Crippen LogP contribution < -0.4 is 11.1 Å². The van der Waals surface area contributed by atoms with Crippen LogP contribution in [0, 0.1) is 6.92 Å². The van der Waals surface area contributed by atoms with Crippen LogP contribution >= 0.6 is 0 Å². The summed E-state index contributed by atoms with van der Waals surface area (Å²) >= 11 is 0. The normalized spacial score (nSPS) is 10.8. The summed E-state index contributed by atoms with van der Waals surface area (Å²) in [5.74, 6) is 0.384. The van der Waals surface area contributed by atoms with E-state index in [0.717, 1.165) is 21.7 Å². The van der Waals surface area contributed by atoms with Gasteiger partial charge in [0, 0.05) is 53.1 Å². The Morgan fingerprint density at radius 2 is 1.91 bits per heavy atom. The van der Waals surface area contributed by atoms with Crippen molar-refractivity contribution in [1.82, 2.24) is 19.9 Å². The van der Waals surface area contributed by atoms with Crippen LogP contribution in [0.15, 0.2) is 54.7 Å². The van der Waals surface area contributed by atoms with Crippen molar-refractivity contribution in [3.63, 3.8) is 0 Å². The smallest absolute Gasteiger partial charge is 0.407 e. The number of anilines is 1. The summed E-state index contributed by atoms with van der Waals surface area (Å²) in [5.41, 5.74) is 9.91. The molecule has 0 atom stereocenters. The lowest BCUT2D eigenvalue weighted by Crippen LogP contribution is -2.25. The molecular formula is C24H24N6O3. The van der Waals surface area contributed by atoms with Gasteiger partial charge in [0.25, 0.3) is 0 Å². The van der Waals surface area contributed by atoms with Gasteiger partial charge < -0.3 is 26.0 Å². The summed E-state index contributed by atoms with van der Waals surface area (Å²) in [6, 6.07) is 15.1. The molecule has 0 radical (unpaired) electrons. The summed E-state index contributed by atoms with van der Waals surface area (Å²) in [4.78, 5) is 37.1. The van der Waals surface area contributed by atoms with E-state index in [4.69, 9.17) is 10.7 Å². The number of hydrogen-bond acceptors (Lipinski definition) is 5. The number of carbonyl (C=O) groups is 2. The van der Waals surface area contributed by atoms with E-state index in [1.807, 2.05) is 43.3 Å². The summed E-state index contributed by atoms with van der Waals surface area (Å²) in [6.07, 6.45) is 0.562. The van der Waals surface area contributed by atoms with Crippen molar-refractivity contribution >= 4 is 28.7 Å². The van der Waals surface area contributed by atoms with Gasteiger partial charge in [0.05, 0.1) is 6.54 Å². The van der Waals surface area contributed by atoms with Crippen molar-refractivity contribution in [3.05, 3.63) is 77.1 Å². The number of nitrogens with two attached hydrogens (primary N) is 1. The second-order valence-corrected chi connectivity index (χ2v) is 7.76. The van der Waals surface area contributed by atoms with Crippen LogP contribution in [0.3, 0.4) is 0 Å². The molecule has 0 fully saturated rings. The highest BCUT2D eigenvalue weighted by Crippen LogP contribution is 2.33. The molecule has 4 aromatic rings. The molecule has 0 aliphatic heterocycles. The minimum atomic E-state index is -1.05. The number of aryl methyl sites for hydroxylation is 1. The van der Waals surface area contributed by atoms with Gasteiger partial charge in [0.15, 0.2) is 5.82 Å². The van der Waals surface area contributed by atoms with Crippen LogP contribution in [-0.2, 0) is 13.1 Å². The molecular weight excluding hydrogens is 420 g/mol. The molecule has 0 spiro atoms. The standard InChI is InChI=1S/C24H24N6O3/c1-14-19(20-17(21(25)31)9-6-10-18(20)28-14)23-27-12-16(13-30(2)24(32)33)22(29-23)26-11-15-7-4-3-5-8-15/h3-10,12,28H,11,13H2,1-2H3,(H2,25,31)(H,32,33)(H,26,27,29). The number of H-pyrrole nitrogens is 1. The van der Waals surface area contributed by atoms with Crippen LogP contribution in [0.25, 0.3) is 22.3 Å². The first kappa shape index (κ1) is 21.8. The predicted molar refractivity (Wildman–Crippen MR) is 126 cm³/mol. The van der Waals surface area contributed by atoms with Crippen molar-refractivity contribution in [1.29, 1.82) is 0 Å². The van der Waals surface area contributed by atoms with E-state index in [-0.39, 0.29) is 6.54 Å². The van der Waals surface area contributed by atoms with Crippen LogP contribution in [0.1, 0.15) is 27.2 Å². The number of carbonyl (C=O) groups excluding carboxylic acids is 1. The molecule has 0 unspecified atom stereocenters. The average Bonchev–Trinajstić information content (AvgIpc) is 3.14. The second-order valence-electron chi connectivity index (χ2n) is 7.76. The zero-order valence-corrected chi connectivity index (χ0v) is 18.3. The first-order chi connectivity index (χ1) is 15.8. The van der Waals surface area contributed by atoms with Crippen molar-refractivity contribution in [2.45, 2.75) is 20.0 Å². The zero-order valence-electron chi connectivity index (χ0n) is 18.3. The lowest BCUT2D eigenvalue weighted by Gasteiger charge is -2.17. The third kappa shape index (κ3) is 4.47. The number of aromatic amines is 1. The lowest BCUT2D eigenvalue weighted by molar-refractivity contribution is 0.100. The molecule has 0 bridgehead atoms. The van der Waals surface area contributed by atoms with Crippen LogP contribution in [-0.4, -0.2) is 44.0 Å². The highest BCUT2D eigenvalue weighted by Gasteiger charge is 2.20. The molecule has 2 amide bonds. The molecule has 0 aliphatic carbocycles. The molecule has 2 heterocycles. The minimum Gasteiger partial charge on any atom is -0.465 e. The molecule has 4 rings (SSSR count). The SMILES string of the molecule is Cc1[nH]c2cccc(C(N)=O)c2c1-c1ncc(CN(C)C(=O)O)c(NCc2ccccc2)n1. The van der Waals surface area contributed by atoms with Crippen LogP contribution in [0.4, 0.5) is 10.6 Å². The Kier molecular flexibility index (Phi) is 5.95. The number of hydrogen-bond donors (Lipinski definition) is 4. The number of nitrogens with zero attached hydrogens (tertiary/aromatic N) is 3. The van der Waals surface area contributed by atoms with Gasteiger partial charge >= 0.3 is 6.09 Å². The number of rotatable bonds is 7. The monoisotopic (exact) mass is 444 g/mol. The van der Waals surface area contributed by atoms with Gasteiger partial charge in [0.1, 0.15) is 5.82 Å². The van der Waals surface area contributed by atoms with E-state index in [2.05, 4.69) is 15.3 Å². The Labute approximate surface area is 190 Å². The molecule has 2 aromatic carbocycles. The number of fused-ring (bicyclic) bond motifs is 1. The molecule has 2 aromatic heterocycles. The average molecular weight is 444 g/mol. The van der Waals surface area contributed by atoms with E-state index in [1.165, 1.54) is 7.05 Å². The summed E-state index contributed by atoms with van der Waals surface area (Å²) in [7, 11) is 1.49. The molecule has 33 heavy (non-hydrogen) atoms. The van der Waals surface area contributed by atoms with Gasteiger partial charge in [-0.25, -0.2) is 14.8 Å². The summed E-state index contributed by atoms with van der Waals surface area (Å²) in [5, 5.41) is 13.3. The van der Waals surface area contributed by atoms with Crippen molar-refractivity contribution in [3.8, 4) is 11.4 Å². The lowest BCUT2D eigenvalue weighted by atomic mass is 10.0. The van der Waals surface area contributed by atoms with Crippen molar-refractivity contribution < 1.29 is 14.7 Å². The number of aromatic nitrogens is 3. The number of benzene rings is 2. The van der Waals surface area contributed by atoms with Crippen LogP contribution in [0.2, 0.25) is 0 Å². The molecule has 168 valence electrons. The van der Waals surface area contributed by atoms with E-state index in [1.54, 1.807) is 18.3 Å². The van der Waals surface area contributed by atoms with E-state index < -0.39 is 12.0 Å². The maximum atomic E-state index is 12.1. The topological polar surface area (TPSA) is 137 Å². The molecule has 0 saturated heterocycles. The maximum Gasteiger partial charge on any atom is 0.407 e. The van der Waals surface area contributed by atoms with Gasteiger partial charge in [-0.1, -0.05) is 36.4 Å². The Morgan fingerprint density at radius 1 is 1.15 bits per heavy atom. The molecule has 9 heteroatoms. The third-order valence-corrected chi connectivity index (χ3v) is 5.40. The Hall–Kier alpha value is -4.40.